The molecule has 2 N–H and O–H groups in total. The van der Waals surface area contributed by atoms with Gasteiger partial charge in [0, 0.05) is 9.35 Å². The van der Waals surface area contributed by atoms with Crippen LogP contribution in [0.25, 0.3) is 21.8 Å². The maximum atomic E-state index is 14.0. The van der Waals surface area contributed by atoms with E-state index in [1.165, 1.54) is 11.3 Å². The zero-order chi connectivity index (χ0) is 14.3. The largest absolute Gasteiger partial charge is 0.380 e. The van der Waals surface area contributed by atoms with E-state index in [9.17, 15) is 8.78 Å². The maximum absolute atomic E-state index is 14.0. The molecule has 0 spiro atoms. The molecule has 3 rings (SSSR count). The number of thiophene rings is 1. The smallest absolute Gasteiger partial charge is 0.183 e. The first kappa shape index (κ1) is 13.3. The zero-order valence-electron chi connectivity index (χ0n) is 9.86. The van der Waals surface area contributed by atoms with Gasteiger partial charge >= 0.3 is 0 Å². The molecule has 0 saturated heterocycles. The zero-order valence-corrected chi connectivity index (χ0v) is 12.3. The van der Waals surface area contributed by atoms with E-state index in [4.69, 9.17) is 10.3 Å². The molecule has 3 nitrogen and oxygen atoms in total. The Morgan fingerprint density at radius 1 is 1.20 bits per heavy atom. The highest BCUT2D eigenvalue weighted by molar-refractivity contribution is 9.10. The van der Waals surface area contributed by atoms with Crippen LogP contribution in [-0.2, 0) is 0 Å². The normalized spacial score (nSPS) is 10.9. The van der Waals surface area contributed by atoms with Crippen LogP contribution < -0.4 is 5.73 Å². The van der Waals surface area contributed by atoms with Crippen molar-refractivity contribution in [3.8, 4) is 21.8 Å². The number of anilines is 1. The molecule has 0 atom stereocenters. The lowest BCUT2D eigenvalue weighted by Crippen LogP contribution is -1.92. The summed E-state index contributed by atoms with van der Waals surface area (Å²) in [4.78, 5) is 0.737. The molecule has 0 unspecified atom stereocenters. The predicted octanol–water partition coefficient (Wildman–Crippen LogP) is 4.69. The number of nitrogen functional groups attached to an aromatic ring is 1. The van der Waals surface area contributed by atoms with E-state index in [2.05, 4.69) is 21.1 Å². The van der Waals surface area contributed by atoms with E-state index in [0.29, 0.717) is 10.0 Å². The summed E-state index contributed by atoms with van der Waals surface area (Å²) < 4.78 is 33.4. The summed E-state index contributed by atoms with van der Waals surface area (Å²) in [6.07, 6.45) is 0. The topological polar surface area (TPSA) is 52.0 Å². The third-order valence-corrected chi connectivity index (χ3v) is 4.07. The van der Waals surface area contributed by atoms with Gasteiger partial charge < -0.3 is 10.3 Å². The molecule has 0 fully saturated rings. The van der Waals surface area contributed by atoms with Crippen LogP contribution in [0, 0.1) is 11.6 Å². The Labute approximate surface area is 125 Å². The number of halogens is 3. The fourth-order valence-electron chi connectivity index (χ4n) is 1.89. The first-order valence-corrected chi connectivity index (χ1v) is 7.19. The Bertz CT molecular complexity index is 748. The number of benzene rings is 1. The van der Waals surface area contributed by atoms with Crippen molar-refractivity contribution < 1.29 is 13.3 Å². The monoisotopic (exact) mass is 356 g/mol. The number of hydrogen-bond donors (Lipinski definition) is 1. The number of nitrogens with zero attached hydrogens (tertiary/aromatic N) is 1. The van der Waals surface area contributed by atoms with Crippen molar-refractivity contribution in [3.63, 3.8) is 0 Å². The van der Waals surface area contributed by atoms with Gasteiger partial charge in [-0.3, -0.25) is 0 Å². The van der Waals surface area contributed by atoms with Gasteiger partial charge in [0.05, 0.1) is 11.1 Å². The van der Waals surface area contributed by atoms with E-state index in [0.717, 1.165) is 17.0 Å². The highest BCUT2D eigenvalue weighted by Gasteiger charge is 2.24. The van der Waals surface area contributed by atoms with Gasteiger partial charge in [-0.05, 0) is 23.6 Å². The lowest BCUT2D eigenvalue weighted by Gasteiger charge is -2.04. The van der Waals surface area contributed by atoms with Crippen LogP contribution in [0.5, 0.6) is 0 Å². The van der Waals surface area contributed by atoms with Gasteiger partial charge in [0.1, 0.15) is 11.6 Å². The van der Waals surface area contributed by atoms with Crippen LogP contribution in [0.4, 0.5) is 14.6 Å². The molecule has 0 amide bonds. The minimum atomic E-state index is -0.745. The molecule has 7 heteroatoms. The molecule has 0 aliphatic heterocycles. The second-order valence-corrected chi connectivity index (χ2v) is 5.86. The van der Waals surface area contributed by atoms with Gasteiger partial charge in [-0.2, -0.15) is 0 Å². The molecule has 0 radical (unpaired) electrons. The van der Waals surface area contributed by atoms with Crippen molar-refractivity contribution in [2.75, 3.05) is 5.73 Å². The SMILES string of the molecule is Nc1noc(-c2c(F)cc(Br)cc2F)c1-c1cccs1. The van der Waals surface area contributed by atoms with E-state index in [-0.39, 0.29) is 17.1 Å². The van der Waals surface area contributed by atoms with Crippen LogP contribution in [0.3, 0.4) is 0 Å². The van der Waals surface area contributed by atoms with Crippen molar-refractivity contribution in [1.82, 2.24) is 5.16 Å². The summed E-state index contributed by atoms with van der Waals surface area (Å²) in [5, 5.41) is 5.45. The van der Waals surface area contributed by atoms with Gasteiger partial charge in [0.25, 0.3) is 0 Å². The van der Waals surface area contributed by atoms with Crippen LogP contribution in [-0.4, -0.2) is 5.16 Å². The summed E-state index contributed by atoms with van der Waals surface area (Å²) in [6.45, 7) is 0. The Morgan fingerprint density at radius 3 is 2.50 bits per heavy atom. The lowest BCUT2D eigenvalue weighted by atomic mass is 10.1. The molecule has 3 aromatic rings. The lowest BCUT2D eigenvalue weighted by molar-refractivity contribution is 0.430. The van der Waals surface area contributed by atoms with Gasteiger partial charge in [-0.15, -0.1) is 11.3 Å². The molecule has 2 heterocycles. The summed E-state index contributed by atoms with van der Waals surface area (Å²) in [6, 6.07) is 5.92. The first-order chi connectivity index (χ1) is 9.58. The summed E-state index contributed by atoms with van der Waals surface area (Å²) in [5.74, 6) is -1.40. The average Bonchev–Trinajstić information content (AvgIpc) is 2.97. The van der Waals surface area contributed by atoms with Crippen molar-refractivity contribution in [3.05, 3.63) is 45.8 Å². The fraction of sp³-hybridized carbons (Fsp3) is 0. The highest BCUT2D eigenvalue weighted by Crippen LogP contribution is 2.41. The molecular formula is C13H7BrF2N2OS. The second kappa shape index (κ2) is 4.99. The van der Waals surface area contributed by atoms with Crippen LogP contribution in [0.2, 0.25) is 0 Å². The van der Waals surface area contributed by atoms with E-state index < -0.39 is 11.6 Å². The minimum Gasteiger partial charge on any atom is -0.380 e. The standard InChI is InChI=1S/C13H7BrF2N2OS/c14-6-4-7(15)10(8(16)5-6)12-11(13(17)18-19-12)9-2-1-3-20-9/h1-5H,(H2,17,18). The molecule has 1 aromatic carbocycles. The van der Waals surface area contributed by atoms with Gasteiger partial charge in [-0.1, -0.05) is 27.2 Å². The predicted molar refractivity (Wildman–Crippen MR) is 77.3 cm³/mol. The van der Waals surface area contributed by atoms with Crippen molar-refractivity contribution in [2.45, 2.75) is 0 Å². The molecule has 0 bridgehead atoms. The third-order valence-electron chi connectivity index (χ3n) is 2.72. The molecule has 0 saturated carbocycles. The Hall–Kier alpha value is -1.73. The summed E-state index contributed by atoms with van der Waals surface area (Å²) in [7, 11) is 0. The van der Waals surface area contributed by atoms with E-state index in [1.807, 2.05) is 11.4 Å². The Morgan fingerprint density at radius 2 is 1.90 bits per heavy atom. The van der Waals surface area contributed by atoms with Crippen molar-refractivity contribution >= 4 is 33.1 Å². The van der Waals surface area contributed by atoms with E-state index in [1.54, 1.807) is 6.07 Å². The third kappa shape index (κ3) is 2.12. The van der Waals surface area contributed by atoms with Crippen LogP contribution >= 0.6 is 27.3 Å². The highest BCUT2D eigenvalue weighted by atomic mass is 79.9. The summed E-state index contributed by atoms with van der Waals surface area (Å²) >= 11 is 4.42. The van der Waals surface area contributed by atoms with Crippen molar-refractivity contribution in [1.29, 1.82) is 0 Å². The number of nitrogens with two attached hydrogens (primary N) is 1. The number of rotatable bonds is 2. The molecule has 0 aliphatic carbocycles. The van der Waals surface area contributed by atoms with Crippen LogP contribution in [0.15, 0.2) is 38.6 Å². The van der Waals surface area contributed by atoms with Gasteiger partial charge in [0.15, 0.2) is 11.6 Å². The maximum Gasteiger partial charge on any atom is 0.183 e. The molecule has 2 aromatic heterocycles. The quantitative estimate of drug-likeness (QED) is 0.724. The fourth-order valence-corrected chi connectivity index (χ4v) is 3.07. The first-order valence-electron chi connectivity index (χ1n) is 5.52. The molecular weight excluding hydrogens is 350 g/mol. The van der Waals surface area contributed by atoms with Gasteiger partial charge in [0.2, 0.25) is 0 Å². The summed E-state index contributed by atoms with van der Waals surface area (Å²) in [5.41, 5.74) is 5.87. The van der Waals surface area contributed by atoms with E-state index >= 15 is 0 Å². The number of hydrogen-bond acceptors (Lipinski definition) is 4. The Kier molecular flexibility index (Phi) is 3.31. The minimum absolute atomic E-state index is 0.00699. The van der Waals surface area contributed by atoms with Gasteiger partial charge in [-0.25, -0.2) is 8.78 Å². The second-order valence-electron chi connectivity index (χ2n) is 3.99. The van der Waals surface area contributed by atoms with Crippen molar-refractivity contribution in [2.24, 2.45) is 0 Å². The van der Waals surface area contributed by atoms with Crippen LogP contribution in [0.1, 0.15) is 0 Å². The molecule has 0 aliphatic rings. The number of aromatic nitrogens is 1. The molecule has 102 valence electrons. The average molecular weight is 357 g/mol. The molecule has 20 heavy (non-hydrogen) atoms. The Balaban J connectivity index is 2.27.